The molecule has 158 valence electrons. The number of hydrogen-bond acceptors (Lipinski definition) is 3. The molecule has 0 spiro atoms. The number of amides is 3. The van der Waals surface area contributed by atoms with Crippen molar-refractivity contribution in [2.75, 3.05) is 18.4 Å². The molecule has 6 nitrogen and oxygen atoms in total. The van der Waals surface area contributed by atoms with Crippen molar-refractivity contribution in [3.05, 3.63) is 63.1 Å². The summed E-state index contributed by atoms with van der Waals surface area (Å²) in [7, 11) is 0. The molecular weight excluding hydrogens is 425 g/mol. The van der Waals surface area contributed by atoms with Crippen LogP contribution >= 0.6 is 23.2 Å². The first-order valence-electron chi connectivity index (χ1n) is 10.0. The highest BCUT2D eigenvalue weighted by atomic mass is 35.5. The number of carbonyl (C=O) groups excluding carboxylic acids is 2. The van der Waals surface area contributed by atoms with Crippen molar-refractivity contribution < 1.29 is 14.7 Å². The van der Waals surface area contributed by atoms with Crippen LogP contribution in [0.3, 0.4) is 0 Å². The molecule has 2 aliphatic rings. The lowest BCUT2D eigenvalue weighted by atomic mass is 9.85. The summed E-state index contributed by atoms with van der Waals surface area (Å²) >= 11 is 12.0. The van der Waals surface area contributed by atoms with Gasteiger partial charge in [0.05, 0.1) is 22.2 Å². The maximum Gasteiger partial charge on any atom is 0.321 e. The number of urea groups is 1. The van der Waals surface area contributed by atoms with Gasteiger partial charge in [0.15, 0.2) is 0 Å². The second kappa shape index (κ2) is 8.84. The molecule has 1 saturated heterocycles. The molecule has 0 aromatic heterocycles. The minimum atomic E-state index is -0.728. The molecule has 2 aromatic carbocycles. The Morgan fingerprint density at radius 1 is 1.03 bits per heavy atom. The first-order valence-corrected chi connectivity index (χ1v) is 10.8. The molecule has 0 unspecified atom stereocenters. The van der Waals surface area contributed by atoms with Crippen LogP contribution in [0.2, 0.25) is 10.0 Å². The van der Waals surface area contributed by atoms with Gasteiger partial charge in [-0.1, -0.05) is 29.3 Å². The summed E-state index contributed by atoms with van der Waals surface area (Å²) in [6.45, 7) is 1.52. The number of nitrogens with one attached hydrogen (secondary N) is 2. The molecule has 30 heavy (non-hydrogen) atoms. The Hall–Kier alpha value is -2.28. The molecule has 8 heteroatoms. The average molecular weight is 448 g/mol. The van der Waals surface area contributed by atoms with E-state index in [0.29, 0.717) is 34.1 Å². The quantitative estimate of drug-likeness (QED) is 0.651. The molecular formula is C22H23Cl2N3O3. The third-order valence-electron chi connectivity index (χ3n) is 5.69. The maximum absolute atomic E-state index is 12.8. The van der Waals surface area contributed by atoms with Crippen LogP contribution in [0.25, 0.3) is 0 Å². The number of benzene rings is 2. The molecule has 0 radical (unpaired) electrons. The highest BCUT2D eigenvalue weighted by molar-refractivity contribution is 6.42. The van der Waals surface area contributed by atoms with E-state index in [0.717, 1.165) is 37.1 Å². The van der Waals surface area contributed by atoms with Crippen molar-refractivity contribution >= 4 is 40.8 Å². The number of likely N-dealkylation sites (tertiary alicyclic amines) is 1. The van der Waals surface area contributed by atoms with Crippen LogP contribution in [0.1, 0.15) is 46.8 Å². The van der Waals surface area contributed by atoms with E-state index in [2.05, 4.69) is 10.6 Å². The molecule has 3 N–H and O–H groups in total. The number of nitrogens with zero attached hydrogens (tertiary/aromatic N) is 1. The van der Waals surface area contributed by atoms with Crippen molar-refractivity contribution in [3.63, 3.8) is 0 Å². The Labute approximate surface area is 185 Å². The molecule has 0 saturated carbocycles. The van der Waals surface area contributed by atoms with E-state index < -0.39 is 12.1 Å². The van der Waals surface area contributed by atoms with E-state index in [1.165, 1.54) is 6.07 Å². The van der Waals surface area contributed by atoms with Crippen LogP contribution in [0.4, 0.5) is 10.5 Å². The number of rotatable bonds is 3. The van der Waals surface area contributed by atoms with Crippen LogP contribution in [-0.2, 0) is 6.42 Å². The molecule has 1 heterocycles. The highest BCUT2D eigenvalue weighted by Gasteiger charge is 2.30. The highest BCUT2D eigenvalue weighted by Crippen LogP contribution is 2.33. The third-order valence-corrected chi connectivity index (χ3v) is 6.43. The van der Waals surface area contributed by atoms with E-state index in [4.69, 9.17) is 23.2 Å². The predicted octanol–water partition coefficient (Wildman–Crippen LogP) is 4.40. The summed E-state index contributed by atoms with van der Waals surface area (Å²) in [4.78, 5) is 27.0. The summed E-state index contributed by atoms with van der Waals surface area (Å²) in [6.07, 6.45) is 2.56. The molecule has 3 amide bonds. The fourth-order valence-corrected chi connectivity index (χ4v) is 4.32. The minimum Gasteiger partial charge on any atom is -0.391 e. The van der Waals surface area contributed by atoms with Gasteiger partial charge in [-0.3, -0.25) is 4.79 Å². The molecule has 4 rings (SSSR count). The van der Waals surface area contributed by atoms with E-state index in [9.17, 15) is 14.7 Å². The number of halogens is 2. The monoisotopic (exact) mass is 447 g/mol. The average Bonchev–Trinajstić information content (AvgIpc) is 3.27. The second-order valence-corrected chi connectivity index (χ2v) is 8.54. The predicted molar refractivity (Wildman–Crippen MR) is 117 cm³/mol. The number of aryl methyl sites for hydroxylation is 1. The lowest BCUT2D eigenvalue weighted by molar-refractivity contribution is 0.0791. The van der Waals surface area contributed by atoms with Gasteiger partial charge in [-0.25, -0.2) is 4.79 Å². The summed E-state index contributed by atoms with van der Waals surface area (Å²) in [5, 5.41) is 17.1. The Kier molecular flexibility index (Phi) is 6.18. The molecule has 1 aliphatic carbocycles. The topological polar surface area (TPSA) is 81.7 Å². The molecule has 2 aromatic rings. The first-order chi connectivity index (χ1) is 14.4. The third kappa shape index (κ3) is 4.41. The van der Waals surface area contributed by atoms with Gasteiger partial charge >= 0.3 is 6.03 Å². The standard InChI is InChI=1S/C22H23Cl2N3O3/c23-17-7-4-14(11-18(17)24)21(29)26-20-16-12-15(6-3-13(16)5-8-19(20)28)25-22(30)27-9-1-2-10-27/h3-4,6-7,11-12,19-20,28H,1-2,5,8-10H2,(H,25,30)(H,26,29)/t19-,20-/m1/s1. The Morgan fingerprint density at radius 2 is 1.80 bits per heavy atom. The van der Waals surface area contributed by atoms with Gasteiger partial charge in [0.2, 0.25) is 0 Å². The zero-order chi connectivity index (χ0) is 21.3. The van der Waals surface area contributed by atoms with Crippen LogP contribution in [0, 0.1) is 0 Å². The van der Waals surface area contributed by atoms with Crippen molar-refractivity contribution in [1.29, 1.82) is 0 Å². The van der Waals surface area contributed by atoms with Crippen LogP contribution in [0.5, 0.6) is 0 Å². The smallest absolute Gasteiger partial charge is 0.321 e. The second-order valence-electron chi connectivity index (χ2n) is 7.72. The molecule has 0 bridgehead atoms. The summed E-state index contributed by atoms with van der Waals surface area (Å²) < 4.78 is 0. The van der Waals surface area contributed by atoms with Gasteiger partial charge in [0, 0.05) is 24.3 Å². The number of hydrogen-bond donors (Lipinski definition) is 3. The number of aliphatic hydroxyl groups is 1. The normalized spacial score (nSPS) is 20.6. The number of carbonyl (C=O) groups is 2. The van der Waals surface area contributed by atoms with Gasteiger partial charge in [0.1, 0.15) is 0 Å². The van der Waals surface area contributed by atoms with Crippen LogP contribution < -0.4 is 10.6 Å². The molecule has 1 fully saturated rings. The van der Waals surface area contributed by atoms with Crippen molar-refractivity contribution in [2.24, 2.45) is 0 Å². The first kappa shape index (κ1) is 21.0. The Morgan fingerprint density at radius 3 is 2.53 bits per heavy atom. The van der Waals surface area contributed by atoms with Crippen LogP contribution in [-0.4, -0.2) is 41.1 Å². The van der Waals surface area contributed by atoms with Gasteiger partial charge in [-0.05, 0) is 67.1 Å². The van der Waals surface area contributed by atoms with Crippen molar-refractivity contribution in [3.8, 4) is 0 Å². The Balaban J connectivity index is 1.55. The number of aliphatic hydroxyl groups excluding tert-OH is 1. The lowest BCUT2D eigenvalue weighted by Crippen LogP contribution is -2.39. The van der Waals surface area contributed by atoms with Crippen molar-refractivity contribution in [2.45, 2.75) is 37.8 Å². The largest absolute Gasteiger partial charge is 0.391 e. The zero-order valence-electron chi connectivity index (χ0n) is 16.3. The van der Waals surface area contributed by atoms with Gasteiger partial charge < -0.3 is 20.6 Å². The number of fused-ring (bicyclic) bond motifs is 1. The van der Waals surface area contributed by atoms with Gasteiger partial charge in [0.25, 0.3) is 5.91 Å². The zero-order valence-corrected chi connectivity index (χ0v) is 17.8. The molecule has 1 aliphatic heterocycles. The lowest BCUT2D eigenvalue weighted by Gasteiger charge is -2.31. The van der Waals surface area contributed by atoms with Gasteiger partial charge in [-0.2, -0.15) is 0 Å². The van der Waals surface area contributed by atoms with E-state index >= 15 is 0 Å². The summed E-state index contributed by atoms with van der Waals surface area (Å²) in [5.74, 6) is -0.350. The summed E-state index contributed by atoms with van der Waals surface area (Å²) in [6, 6.07) is 9.59. The minimum absolute atomic E-state index is 0.125. The van der Waals surface area contributed by atoms with E-state index in [1.54, 1.807) is 17.0 Å². The SMILES string of the molecule is O=C(N[C@@H]1c2cc(NC(=O)N3CCCC3)ccc2CC[C@H]1O)c1ccc(Cl)c(Cl)c1. The van der Waals surface area contributed by atoms with Crippen LogP contribution in [0.15, 0.2) is 36.4 Å². The van der Waals surface area contributed by atoms with Crippen molar-refractivity contribution in [1.82, 2.24) is 10.2 Å². The fourth-order valence-electron chi connectivity index (χ4n) is 4.03. The summed E-state index contributed by atoms with van der Waals surface area (Å²) in [5.41, 5.74) is 2.86. The maximum atomic E-state index is 12.8. The fraction of sp³-hybridized carbons (Fsp3) is 0.364. The molecule has 2 atom stereocenters. The van der Waals surface area contributed by atoms with Gasteiger partial charge in [-0.15, -0.1) is 0 Å². The van der Waals surface area contributed by atoms with E-state index in [1.807, 2.05) is 18.2 Å². The Bertz CT molecular complexity index is 976. The van der Waals surface area contributed by atoms with E-state index in [-0.39, 0.29) is 11.9 Å². The number of anilines is 1.